The highest BCUT2D eigenvalue weighted by molar-refractivity contribution is 6.02. The van der Waals surface area contributed by atoms with Gasteiger partial charge in [-0.25, -0.2) is 13.9 Å². The first-order valence-corrected chi connectivity index (χ1v) is 12.6. The van der Waals surface area contributed by atoms with Crippen molar-refractivity contribution >= 4 is 34.5 Å². The summed E-state index contributed by atoms with van der Waals surface area (Å²) >= 11 is 0. The molecule has 0 radical (unpaired) electrons. The number of anilines is 1. The van der Waals surface area contributed by atoms with Crippen LogP contribution in [0.15, 0.2) is 72.8 Å². The van der Waals surface area contributed by atoms with Crippen LogP contribution in [-0.4, -0.2) is 46.4 Å². The summed E-state index contributed by atoms with van der Waals surface area (Å²) in [5, 5.41) is 11.2. The average Bonchev–Trinajstić information content (AvgIpc) is 3.34. The fourth-order valence-electron chi connectivity index (χ4n) is 4.22. The number of para-hydroxylation sites is 1. The molecule has 10 heteroatoms. The molecule has 0 saturated heterocycles. The van der Waals surface area contributed by atoms with Gasteiger partial charge in [0.2, 0.25) is 11.8 Å². The first kappa shape index (κ1) is 27.4. The van der Waals surface area contributed by atoms with Gasteiger partial charge in [-0.1, -0.05) is 49.4 Å². The van der Waals surface area contributed by atoms with Gasteiger partial charge in [-0.3, -0.25) is 14.5 Å². The van der Waals surface area contributed by atoms with Gasteiger partial charge in [-0.05, 0) is 60.4 Å². The largest absolute Gasteiger partial charge is 0.465 e. The third-order valence-electron chi connectivity index (χ3n) is 6.23. The second-order valence-corrected chi connectivity index (χ2v) is 9.47. The lowest BCUT2D eigenvalue weighted by atomic mass is 10.0. The predicted molar refractivity (Wildman–Crippen MR) is 144 cm³/mol. The van der Waals surface area contributed by atoms with Crippen LogP contribution in [0, 0.1) is 11.7 Å². The van der Waals surface area contributed by atoms with E-state index in [1.165, 1.54) is 47.0 Å². The molecule has 0 fully saturated rings. The van der Waals surface area contributed by atoms with Crippen LogP contribution in [0.2, 0.25) is 0 Å². The van der Waals surface area contributed by atoms with Crippen molar-refractivity contribution < 1.29 is 23.5 Å². The summed E-state index contributed by atoms with van der Waals surface area (Å²) in [7, 11) is 1.26. The van der Waals surface area contributed by atoms with E-state index in [9.17, 15) is 18.8 Å². The minimum Gasteiger partial charge on any atom is -0.465 e. The van der Waals surface area contributed by atoms with E-state index in [1.54, 1.807) is 30.3 Å². The number of hydrogen-bond donors (Lipinski definition) is 1. The van der Waals surface area contributed by atoms with Gasteiger partial charge >= 0.3 is 5.97 Å². The molecule has 4 rings (SSSR count). The molecule has 0 aliphatic heterocycles. The summed E-state index contributed by atoms with van der Waals surface area (Å²) in [5.74, 6) is -1.64. The maximum atomic E-state index is 14.0. The van der Waals surface area contributed by atoms with E-state index in [-0.39, 0.29) is 12.1 Å². The lowest BCUT2D eigenvalue weighted by molar-refractivity contribution is -0.127. The highest BCUT2D eigenvalue weighted by atomic mass is 19.1. The molecular formula is C29H30FN5O4. The highest BCUT2D eigenvalue weighted by Crippen LogP contribution is 2.30. The Kier molecular flexibility index (Phi) is 8.65. The van der Waals surface area contributed by atoms with Crippen molar-refractivity contribution in [1.82, 2.24) is 20.3 Å². The van der Waals surface area contributed by atoms with Crippen molar-refractivity contribution in [1.29, 1.82) is 0 Å². The van der Waals surface area contributed by atoms with Crippen LogP contribution >= 0.6 is 0 Å². The molecule has 1 unspecified atom stereocenters. The number of aromatic nitrogens is 3. The molecule has 0 saturated carbocycles. The van der Waals surface area contributed by atoms with Crippen molar-refractivity contribution in [3.63, 3.8) is 0 Å². The summed E-state index contributed by atoms with van der Waals surface area (Å²) in [6.45, 7) is 4.24. The number of carbonyl (C=O) groups is 3. The molecule has 1 N–H and O–H groups in total. The van der Waals surface area contributed by atoms with Gasteiger partial charge in [-0.15, -0.1) is 5.10 Å². The predicted octanol–water partition coefficient (Wildman–Crippen LogP) is 4.29. The Morgan fingerprint density at radius 2 is 1.77 bits per heavy atom. The molecule has 39 heavy (non-hydrogen) atoms. The third-order valence-corrected chi connectivity index (χ3v) is 6.23. The SMILES string of the molecule is COC(=O)c1cccc(N(C(=O)Cn2nnc3ccccc32)C(C(=O)NCCC(C)C)c2ccc(F)cc2)c1. The van der Waals surface area contributed by atoms with E-state index in [4.69, 9.17) is 4.74 Å². The van der Waals surface area contributed by atoms with Crippen LogP contribution in [0.25, 0.3) is 11.0 Å². The monoisotopic (exact) mass is 531 g/mol. The fraction of sp³-hybridized carbons (Fsp3) is 0.276. The Labute approximate surface area is 225 Å². The van der Waals surface area contributed by atoms with E-state index in [2.05, 4.69) is 15.6 Å². The van der Waals surface area contributed by atoms with Gasteiger partial charge < -0.3 is 10.1 Å². The molecule has 0 bridgehead atoms. The molecule has 9 nitrogen and oxygen atoms in total. The van der Waals surface area contributed by atoms with Crippen molar-refractivity contribution in [3.8, 4) is 0 Å². The molecule has 1 heterocycles. The summed E-state index contributed by atoms with van der Waals surface area (Å²) < 4.78 is 20.2. The van der Waals surface area contributed by atoms with Crippen LogP contribution < -0.4 is 10.2 Å². The molecule has 1 atom stereocenters. The summed E-state index contributed by atoms with van der Waals surface area (Å²) in [5.41, 5.74) is 2.16. The number of amides is 2. The number of nitrogens with zero attached hydrogens (tertiary/aromatic N) is 4. The molecule has 4 aromatic rings. The zero-order valence-electron chi connectivity index (χ0n) is 22.0. The van der Waals surface area contributed by atoms with Gasteiger partial charge in [0.05, 0.1) is 18.2 Å². The normalized spacial score (nSPS) is 11.8. The number of ether oxygens (including phenoxy) is 1. The Bertz CT molecular complexity index is 1470. The van der Waals surface area contributed by atoms with Crippen molar-refractivity contribution in [3.05, 3.63) is 89.7 Å². The van der Waals surface area contributed by atoms with E-state index >= 15 is 0 Å². The maximum absolute atomic E-state index is 14.0. The maximum Gasteiger partial charge on any atom is 0.337 e. The third kappa shape index (κ3) is 6.46. The highest BCUT2D eigenvalue weighted by Gasteiger charge is 2.33. The molecule has 0 aliphatic rings. The number of rotatable bonds is 10. The first-order chi connectivity index (χ1) is 18.8. The van der Waals surface area contributed by atoms with Gasteiger partial charge in [0.15, 0.2) is 0 Å². The summed E-state index contributed by atoms with van der Waals surface area (Å²) in [4.78, 5) is 41.3. The number of halogens is 1. The van der Waals surface area contributed by atoms with Crippen LogP contribution in [0.1, 0.15) is 42.2 Å². The molecule has 1 aromatic heterocycles. The number of esters is 1. The molecule has 202 valence electrons. The minimum atomic E-state index is -1.16. The number of hydrogen-bond acceptors (Lipinski definition) is 6. The van der Waals surface area contributed by atoms with Gasteiger partial charge in [-0.2, -0.15) is 0 Å². The van der Waals surface area contributed by atoms with Crippen molar-refractivity contribution in [2.75, 3.05) is 18.6 Å². The topological polar surface area (TPSA) is 106 Å². The summed E-state index contributed by atoms with van der Waals surface area (Å²) in [6, 6.07) is 17.7. The molecule has 0 spiro atoms. The van der Waals surface area contributed by atoms with Crippen molar-refractivity contribution in [2.24, 2.45) is 5.92 Å². The minimum absolute atomic E-state index is 0.206. The Hall–Kier alpha value is -4.60. The Morgan fingerprint density at radius 3 is 2.49 bits per heavy atom. The Balaban J connectivity index is 1.81. The second-order valence-electron chi connectivity index (χ2n) is 9.47. The van der Waals surface area contributed by atoms with Gasteiger partial charge in [0.1, 0.15) is 23.9 Å². The number of benzene rings is 3. The second kappa shape index (κ2) is 12.3. The lowest BCUT2D eigenvalue weighted by Gasteiger charge is -2.32. The molecule has 0 aliphatic carbocycles. The number of methoxy groups -OCH3 is 1. The van der Waals surface area contributed by atoms with Crippen LogP contribution in [0.4, 0.5) is 10.1 Å². The number of fused-ring (bicyclic) bond motifs is 1. The van der Waals surface area contributed by atoms with Crippen LogP contribution in [-0.2, 0) is 20.9 Å². The van der Waals surface area contributed by atoms with E-state index in [0.29, 0.717) is 34.7 Å². The zero-order valence-corrected chi connectivity index (χ0v) is 22.0. The molecular weight excluding hydrogens is 501 g/mol. The quantitative estimate of drug-likeness (QED) is 0.306. The van der Waals surface area contributed by atoms with Gasteiger partial charge in [0.25, 0.3) is 0 Å². The average molecular weight is 532 g/mol. The zero-order chi connectivity index (χ0) is 27.9. The standard InChI is InChI=1S/C29H30FN5O4/c1-19(2)15-16-31-28(37)27(20-11-13-22(30)14-12-20)35(23-8-6-7-21(17-23)29(38)39-3)26(36)18-34-25-10-5-4-9-24(25)32-33-34/h4-14,17,19,27H,15-16,18H2,1-3H3,(H,31,37). The fourth-order valence-corrected chi connectivity index (χ4v) is 4.22. The lowest BCUT2D eigenvalue weighted by Crippen LogP contribution is -2.45. The Morgan fingerprint density at radius 1 is 1.03 bits per heavy atom. The first-order valence-electron chi connectivity index (χ1n) is 12.6. The molecule has 2 amide bonds. The number of nitrogens with one attached hydrogen (secondary N) is 1. The van der Waals surface area contributed by atoms with E-state index in [1.807, 2.05) is 26.0 Å². The van der Waals surface area contributed by atoms with Crippen molar-refractivity contribution in [2.45, 2.75) is 32.9 Å². The van der Waals surface area contributed by atoms with Gasteiger partial charge in [0, 0.05) is 12.2 Å². The van der Waals surface area contributed by atoms with E-state index < -0.39 is 29.6 Å². The van der Waals surface area contributed by atoms with E-state index in [0.717, 1.165) is 6.42 Å². The smallest absolute Gasteiger partial charge is 0.337 e. The summed E-state index contributed by atoms with van der Waals surface area (Å²) in [6.07, 6.45) is 0.735. The van der Waals surface area contributed by atoms with Crippen LogP contribution in [0.3, 0.4) is 0 Å². The number of carbonyl (C=O) groups excluding carboxylic acids is 3. The molecule has 3 aromatic carbocycles. The van der Waals surface area contributed by atoms with Crippen LogP contribution in [0.5, 0.6) is 0 Å².